The molecule has 0 unspecified atom stereocenters. The summed E-state index contributed by atoms with van der Waals surface area (Å²) in [5.41, 5.74) is 0.234. The maximum atomic E-state index is 11.4. The molecule has 1 saturated carbocycles. The molecule has 2 atom stereocenters. The predicted molar refractivity (Wildman–Crippen MR) is 58.3 cm³/mol. The average Bonchev–Trinajstić information content (AvgIpc) is 2.42. The number of aliphatic hydroxyl groups excluding tert-OH is 1. The van der Waals surface area contributed by atoms with Crippen LogP contribution in [0.15, 0.2) is 0 Å². The maximum Gasteiger partial charge on any atom is 0.306 e. The minimum absolute atomic E-state index is 0.0871. The molecule has 1 N–H and O–H groups in total. The Morgan fingerprint density at radius 2 is 2.13 bits per heavy atom. The second-order valence-corrected chi connectivity index (χ2v) is 5.14. The van der Waals surface area contributed by atoms with Crippen molar-refractivity contribution in [1.82, 2.24) is 0 Å². The van der Waals surface area contributed by atoms with Crippen molar-refractivity contribution in [3.63, 3.8) is 0 Å². The smallest absolute Gasteiger partial charge is 0.306 e. The highest BCUT2D eigenvalue weighted by Gasteiger charge is 2.41. The van der Waals surface area contributed by atoms with Crippen molar-refractivity contribution in [3.8, 4) is 0 Å². The minimum Gasteiger partial charge on any atom is -0.463 e. The van der Waals surface area contributed by atoms with Gasteiger partial charge in [-0.25, -0.2) is 0 Å². The Bertz CT molecular complexity index is 223. The molecule has 0 bridgehead atoms. The second-order valence-electron chi connectivity index (χ2n) is 5.14. The Hall–Kier alpha value is -0.570. The van der Waals surface area contributed by atoms with Gasteiger partial charge in [0.05, 0.1) is 6.61 Å². The fraction of sp³-hybridized carbons (Fsp3) is 0.917. The monoisotopic (exact) mass is 214 g/mol. The van der Waals surface area contributed by atoms with Gasteiger partial charge < -0.3 is 9.84 Å². The summed E-state index contributed by atoms with van der Waals surface area (Å²) in [6.07, 6.45) is 2.81. The van der Waals surface area contributed by atoms with Crippen molar-refractivity contribution < 1.29 is 14.6 Å². The zero-order chi connectivity index (χ0) is 11.5. The van der Waals surface area contributed by atoms with E-state index in [1.807, 2.05) is 0 Å². The highest BCUT2D eigenvalue weighted by molar-refractivity contribution is 5.69. The van der Waals surface area contributed by atoms with Crippen LogP contribution in [0, 0.1) is 17.3 Å². The number of carbonyl (C=O) groups excluding carboxylic acids is 1. The Balaban J connectivity index is 2.42. The van der Waals surface area contributed by atoms with E-state index in [0.717, 1.165) is 6.42 Å². The number of rotatable bonds is 4. The molecule has 0 saturated heterocycles. The highest BCUT2D eigenvalue weighted by Crippen LogP contribution is 2.48. The normalized spacial score (nSPS) is 29.1. The summed E-state index contributed by atoms with van der Waals surface area (Å²) < 4.78 is 4.89. The van der Waals surface area contributed by atoms with Crippen molar-refractivity contribution >= 4 is 5.97 Å². The van der Waals surface area contributed by atoms with Crippen LogP contribution in [0.5, 0.6) is 0 Å². The predicted octanol–water partition coefficient (Wildman–Crippen LogP) is 1.98. The highest BCUT2D eigenvalue weighted by atomic mass is 16.5. The van der Waals surface area contributed by atoms with Gasteiger partial charge in [0.2, 0.25) is 0 Å². The van der Waals surface area contributed by atoms with Crippen molar-refractivity contribution in [2.24, 2.45) is 17.3 Å². The molecule has 0 aromatic heterocycles. The number of hydrogen-bond acceptors (Lipinski definition) is 3. The van der Waals surface area contributed by atoms with E-state index in [1.165, 1.54) is 6.42 Å². The molecule has 0 aromatic rings. The van der Waals surface area contributed by atoms with E-state index in [4.69, 9.17) is 9.84 Å². The quantitative estimate of drug-likeness (QED) is 0.728. The van der Waals surface area contributed by atoms with Gasteiger partial charge in [0.1, 0.15) is 6.61 Å². The van der Waals surface area contributed by atoms with Gasteiger partial charge in [-0.1, -0.05) is 20.8 Å². The molecule has 1 aliphatic rings. The number of hydrogen-bond donors (Lipinski definition) is 1. The Morgan fingerprint density at radius 3 is 2.60 bits per heavy atom. The van der Waals surface area contributed by atoms with E-state index >= 15 is 0 Å². The van der Waals surface area contributed by atoms with Crippen LogP contribution in [0.1, 0.15) is 40.0 Å². The third-order valence-electron chi connectivity index (χ3n) is 4.04. The summed E-state index contributed by atoms with van der Waals surface area (Å²) in [5.74, 6) is 0.933. The lowest BCUT2D eigenvalue weighted by Crippen LogP contribution is -2.26. The Labute approximate surface area is 91.8 Å². The third kappa shape index (κ3) is 2.94. The van der Waals surface area contributed by atoms with Gasteiger partial charge in [-0.3, -0.25) is 4.79 Å². The molecule has 0 aliphatic heterocycles. The molecular formula is C12H22O3. The largest absolute Gasteiger partial charge is 0.463 e. The van der Waals surface area contributed by atoms with Gasteiger partial charge in [-0.05, 0) is 30.1 Å². The summed E-state index contributed by atoms with van der Waals surface area (Å²) in [6, 6.07) is 0. The third-order valence-corrected chi connectivity index (χ3v) is 4.04. The summed E-state index contributed by atoms with van der Waals surface area (Å²) in [7, 11) is 0. The number of carbonyl (C=O) groups is 1. The molecule has 0 amide bonds. The van der Waals surface area contributed by atoms with E-state index in [0.29, 0.717) is 18.3 Å². The van der Waals surface area contributed by atoms with Gasteiger partial charge >= 0.3 is 5.97 Å². The number of aliphatic hydroxyl groups is 1. The minimum atomic E-state index is -0.170. The van der Waals surface area contributed by atoms with Gasteiger partial charge in [0.15, 0.2) is 0 Å². The molecule has 1 rings (SSSR count). The van der Waals surface area contributed by atoms with E-state index in [2.05, 4.69) is 20.8 Å². The SMILES string of the molecule is C[C@H]1CC[C@@H](CC(=O)OCCO)C1(C)C. The van der Waals surface area contributed by atoms with Gasteiger partial charge in [-0.15, -0.1) is 0 Å². The van der Waals surface area contributed by atoms with E-state index in [1.54, 1.807) is 0 Å². The maximum absolute atomic E-state index is 11.4. The molecule has 15 heavy (non-hydrogen) atoms. The molecule has 1 fully saturated rings. The first-order valence-corrected chi connectivity index (χ1v) is 5.75. The van der Waals surface area contributed by atoms with Crippen LogP contribution in [0.2, 0.25) is 0 Å². The van der Waals surface area contributed by atoms with Crippen LogP contribution in [0.4, 0.5) is 0 Å². The van der Waals surface area contributed by atoms with Crippen LogP contribution in [0.3, 0.4) is 0 Å². The zero-order valence-corrected chi connectivity index (χ0v) is 9.95. The summed E-state index contributed by atoms with van der Waals surface area (Å²) >= 11 is 0. The molecule has 88 valence electrons. The topological polar surface area (TPSA) is 46.5 Å². The summed E-state index contributed by atoms with van der Waals surface area (Å²) in [5, 5.41) is 8.54. The van der Waals surface area contributed by atoms with Crippen LogP contribution in [-0.2, 0) is 9.53 Å². The molecule has 1 aliphatic carbocycles. The summed E-state index contributed by atoms with van der Waals surface area (Å²) in [6.45, 7) is 6.75. The van der Waals surface area contributed by atoms with Crippen molar-refractivity contribution in [1.29, 1.82) is 0 Å². The van der Waals surface area contributed by atoms with Gasteiger partial charge in [0.25, 0.3) is 0 Å². The zero-order valence-electron chi connectivity index (χ0n) is 9.95. The first-order chi connectivity index (χ1) is 6.98. The fourth-order valence-corrected chi connectivity index (χ4v) is 2.38. The van der Waals surface area contributed by atoms with Crippen LogP contribution in [-0.4, -0.2) is 24.3 Å². The van der Waals surface area contributed by atoms with Crippen molar-refractivity contribution in [2.75, 3.05) is 13.2 Å². The number of ether oxygens (including phenoxy) is 1. The van der Waals surface area contributed by atoms with Crippen molar-refractivity contribution in [2.45, 2.75) is 40.0 Å². The number of esters is 1. The van der Waals surface area contributed by atoms with Crippen molar-refractivity contribution in [3.05, 3.63) is 0 Å². The fourth-order valence-electron chi connectivity index (χ4n) is 2.38. The Kier molecular flexibility index (Phi) is 4.14. The Morgan fingerprint density at radius 1 is 1.47 bits per heavy atom. The first kappa shape index (κ1) is 12.5. The standard InChI is InChI=1S/C12H22O3/c1-9-4-5-10(12(9,2)3)8-11(14)15-7-6-13/h9-10,13H,4-8H2,1-3H3/t9-,10-/m0/s1. The first-order valence-electron chi connectivity index (χ1n) is 5.75. The summed E-state index contributed by atoms with van der Waals surface area (Å²) in [4.78, 5) is 11.4. The molecular weight excluding hydrogens is 192 g/mol. The van der Waals surface area contributed by atoms with E-state index < -0.39 is 0 Å². The molecule has 3 heteroatoms. The lowest BCUT2D eigenvalue weighted by atomic mass is 9.75. The molecule has 0 heterocycles. The lowest BCUT2D eigenvalue weighted by Gasteiger charge is -2.30. The van der Waals surface area contributed by atoms with Crippen LogP contribution in [0.25, 0.3) is 0 Å². The molecule has 0 spiro atoms. The van der Waals surface area contributed by atoms with Gasteiger partial charge in [-0.2, -0.15) is 0 Å². The van der Waals surface area contributed by atoms with Gasteiger partial charge in [0, 0.05) is 6.42 Å². The van der Waals surface area contributed by atoms with Crippen LogP contribution < -0.4 is 0 Å². The van der Waals surface area contributed by atoms with E-state index in [-0.39, 0.29) is 24.6 Å². The average molecular weight is 214 g/mol. The van der Waals surface area contributed by atoms with E-state index in [9.17, 15) is 4.79 Å². The lowest BCUT2D eigenvalue weighted by molar-refractivity contribution is -0.146. The van der Waals surface area contributed by atoms with Crippen LogP contribution >= 0.6 is 0 Å². The molecule has 0 radical (unpaired) electrons. The second kappa shape index (κ2) is 4.97. The molecule has 0 aromatic carbocycles. The molecule has 3 nitrogen and oxygen atoms in total.